The Morgan fingerprint density at radius 1 is 0.794 bits per heavy atom. The zero-order chi connectivity index (χ0) is 23.7. The Morgan fingerprint density at radius 2 is 1.41 bits per heavy atom. The van der Waals surface area contributed by atoms with Gasteiger partial charge in [0, 0.05) is 25.0 Å². The second-order valence-corrected chi connectivity index (χ2v) is 9.41. The van der Waals surface area contributed by atoms with Crippen LogP contribution in [-0.4, -0.2) is 14.5 Å². The maximum Gasteiger partial charge on any atom is 0.201 e. The molecule has 0 fully saturated rings. The second-order valence-electron chi connectivity index (χ2n) is 9.41. The Kier molecular flexibility index (Phi) is 5.93. The quantitative estimate of drug-likeness (QED) is 0.315. The molecule has 0 radical (unpaired) electrons. The zero-order valence-corrected chi connectivity index (χ0v) is 20.1. The van der Waals surface area contributed by atoms with E-state index in [1.165, 1.54) is 11.1 Å². The van der Waals surface area contributed by atoms with E-state index in [-0.39, 0.29) is 0 Å². The van der Waals surface area contributed by atoms with Gasteiger partial charge < -0.3 is 15.2 Å². The first kappa shape index (κ1) is 22.0. The number of rotatable bonds is 7. The van der Waals surface area contributed by atoms with Gasteiger partial charge >= 0.3 is 0 Å². The molecule has 2 heterocycles. The van der Waals surface area contributed by atoms with Crippen LogP contribution in [-0.2, 0) is 19.6 Å². The summed E-state index contributed by atoms with van der Waals surface area (Å²) in [5, 5.41) is 1.10. The van der Waals surface area contributed by atoms with Crippen LogP contribution in [0.2, 0.25) is 0 Å². The minimum Gasteiger partial charge on any atom is -0.369 e. The number of aryl methyl sites for hydroxylation is 1. The molecule has 0 spiro atoms. The standard InChI is InChI=1S/C29H31N5/c1-20(2)17-34-27-24-16-10-11-21(3)25(24)31-28(26(27)32-29(34)30)33(18-22-12-6-4-7-13-22)19-23-14-8-5-9-15-23/h4-16,20H,17-19H2,1-3H3,(H2,30,32). The van der Waals surface area contributed by atoms with Crippen molar-refractivity contribution in [2.45, 2.75) is 40.4 Å². The minimum atomic E-state index is 0.445. The van der Waals surface area contributed by atoms with Crippen LogP contribution in [0.25, 0.3) is 21.9 Å². The van der Waals surface area contributed by atoms with Gasteiger partial charge in [0.2, 0.25) is 5.95 Å². The molecule has 0 unspecified atom stereocenters. The summed E-state index contributed by atoms with van der Waals surface area (Å²) in [6.07, 6.45) is 0. The van der Waals surface area contributed by atoms with Crippen LogP contribution in [0.15, 0.2) is 78.9 Å². The van der Waals surface area contributed by atoms with Crippen molar-refractivity contribution in [1.82, 2.24) is 14.5 Å². The normalized spacial score (nSPS) is 11.5. The van der Waals surface area contributed by atoms with Gasteiger partial charge in [-0.15, -0.1) is 0 Å². The highest BCUT2D eigenvalue weighted by Gasteiger charge is 2.22. The number of para-hydroxylation sites is 1. The number of nitrogens with zero attached hydrogens (tertiary/aromatic N) is 4. The van der Waals surface area contributed by atoms with E-state index in [1.807, 2.05) is 0 Å². The van der Waals surface area contributed by atoms with Crippen LogP contribution in [0.1, 0.15) is 30.5 Å². The molecule has 5 heteroatoms. The lowest BCUT2D eigenvalue weighted by molar-refractivity contribution is 0.538. The Morgan fingerprint density at radius 3 is 2.00 bits per heavy atom. The highest BCUT2D eigenvalue weighted by Crippen LogP contribution is 2.35. The SMILES string of the molecule is Cc1cccc2c1nc(N(Cc1ccccc1)Cc1ccccc1)c1nc(N)n(CC(C)C)c12. The highest BCUT2D eigenvalue weighted by atomic mass is 15.2. The van der Waals surface area contributed by atoms with Gasteiger partial charge in [-0.25, -0.2) is 9.97 Å². The smallest absolute Gasteiger partial charge is 0.201 e. The molecule has 172 valence electrons. The summed E-state index contributed by atoms with van der Waals surface area (Å²) in [6, 6.07) is 27.4. The summed E-state index contributed by atoms with van der Waals surface area (Å²) in [5.74, 6) is 1.86. The van der Waals surface area contributed by atoms with E-state index >= 15 is 0 Å². The van der Waals surface area contributed by atoms with Gasteiger partial charge in [-0.2, -0.15) is 0 Å². The van der Waals surface area contributed by atoms with Gasteiger partial charge in [0.1, 0.15) is 5.52 Å². The predicted octanol–water partition coefficient (Wildman–Crippen LogP) is 6.34. The third kappa shape index (κ3) is 4.21. The number of nitrogen functional groups attached to an aromatic ring is 1. The third-order valence-corrected chi connectivity index (χ3v) is 6.20. The Balaban J connectivity index is 1.76. The first-order chi connectivity index (χ1) is 16.5. The van der Waals surface area contributed by atoms with Crippen LogP contribution in [0.4, 0.5) is 11.8 Å². The number of hydrogen-bond donors (Lipinski definition) is 1. The minimum absolute atomic E-state index is 0.445. The van der Waals surface area contributed by atoms with E-state index in [1.54, 1.807) is 0 Å². The average Bonchev–Trinajstić information content (AvgIpc) is 3.15. The second kappa shape index (κ2) is 9.18. The summed E-state index contributed by atoms with van der Waals surface area (Å²) in [4.78, 5) is 12.4. The number of imidazole rings is 1. The number of pyridine rings is 1. The molecule has 2 aromatic heterocycles. The van der Waals surface area contributed by atoms with Gasteiger partial charge in [-0.3, -0.25) is 0 Å². The van der Waals surface area contributed by atoms with E-state index in [9.17, 15) is 0 Å². The lowest BCUT2D eigenvalue weighted by Crippen LogP contribution is -2.23. The lowest BCUT2D eigenvalue weighted by atomic mass is 10.1. The number of fused-ring (bicyclic) bond motifs is 3. The van der Waals surface area contributed by atoms with Crippen LogP contribution >= 0.6 is 0 Å². The maximum atomic E-state index is 6.51. The summed E-state index contributed by atoms with van der Waals surface area (Å²) in [6.45, 7) is 8.80. The Bertz CT molecular complexity index is 1380. The molecule has 5 aromatic rings. The van der Waals surface area contributed by atoms with Crippen molar-refractivity contribution in [3.05, 3.63) is 95.6 Å². The van der Waals surface area contributed by atoms with Crippen molar-refractivity contribution in [2.75, 3.05) is 10.6 Å². The average molecular weight is 450 g/mol. The summed E-state index contributed by atoms with van der Waals surface area (Å²) >= 11 is 0. The van der Waals surface area contributed by atoms with Crippen molar-refractivity contribution in [1.29, 1.82) is 0 Å². The van der Waals surface area contributed by atoms with Crippen LogP contribution in [0.5, 0.6) is 0 Å². The first-order valence-electron chi connectivity index (χ1n) is 11.9. The molecule has 5 rings (SSSR count). The molecular weight excluding hydrogens is 418 g/mol. The predicted molar refractivity (Wildman–Crippen MR) is 142 cm³/mol. The van der Waals surface area contributed by atoms with Crippen molar-refractivity contribution in [2.24, 2.45) is 5.92 Å². The van der Waals surface area contributed by atoms with E-state index < -0.39 is 0 Å². The molecule has 0 saturated heterocycles. The molecule has 0 atom stereocenters. The largest absolute Gasteiger partial charge is 0.369 e. The van der Waals surface area contributed by atoms with Crippen molar-refractivity contribution < 1.29 is 0 Å². The highest BCUT2D eigenvalue weighted by molar-refractivity contribution is 6.08. The third-order valence-electron chi connectivity index (χ3n) is 6.20. The molecule has 3 aromatic carbocycles. The van der Waals surface area contributed by atoms with Crippen molar-refractivity contribution >= 4 is 33.7 Å². The van der Waals surface area contributed by atoms with Gasteiger partial charge in [0.05, 0.1) is 11.0 Å². The Hall–Kier alpha value is -3.86. The fraction of sp³-hybridized carbons (Fsp3) is 0.241. The molecule has 0 amide bonds. The fourth-order valence-electron chi connectivity index (χ4n) is 4.64. The van der Waals surface area contributed by atoms with Gasteiger partial charge in [0.15, 0.2) is 5.82 Å². The number of nitrogens with two attached hydrogens (primary N) is 1. The lowest BCUT2D eigenvalue weighted by Gasteiger charge is -2.25. The maximum absolute atomic E-state index is 6.51. The summed E-state index contributed by atoms with van der Waals surface area (Å²) in [7, 11) is 0. The van der Waals surface area contributed by atoms with Crippen LogP contribution < -0.4 is 10.6 Å². The monoisotopic (exact) mass is 449 g/mol. The number of hydrogen-bond acceptors (Lipinski definition) is 4. The van der Waals surface area contributed by atoms with Crippen LogP contribution in [0, 0.1) is 12.8 Å². The van der Waals surface area contributed by atoms with Gasteiger partial charge in [0.25, 0.3) is 0 Å². The zero-order valence-electron chi connectivity index (χ0n) is 20.1. The topological polar surface area (TPSA) is 60.0 Å². The van der Waals surface area contributed by atoms with Crippen molar-refractivity contribution in [3.63, 3.8) is 0 Å². The molecule has 0 aliphatic carbocycles. The van der Waals surface area contributed by atoms with E-state index in [4.69, 9.17) is 15.7 Å². The van der Waals surface area contributed by atoms with E-state index in [0.29, 0.717) is 11.9 Å². The van der Waals surface area contributed by atoms with Crippen molar-refractivity contribution in [3.8, 4) is 0 Å². The van der Waals surface area contributed by atoms with Gasteiger partial charge in [-0.05, 0) is 29.5 Å². The molecule has 34 heavy (non-hydrogen) atoms. The van der Waals surface area contributed by atoms with Crippen LogP contribution in [0.3, 0.4) is 0 Å². The number of benzene rings is 3. The first-order valence-corrected chi connectivity index (χ1v) is 11.9. The molecule has 0 aliphatic heterocycles. The number of anilines is 2. The van der Waals surface area contributed by atoms with E-state index in [2.05, 4.69) is 109 Å². The fourth-order valence-corrected chi connectivity index (χ4v) is 4.64. The summed E-state index contributed by atoms with van der Waals surface area (Å²) < 4.78 is 2.16. The molecule has 0 saturated carbocycles. The van der Waals surface area contributed by atoms with Gasteiger partial charge in [-0.1, -0.05) is 92.7 Å². The van der Waals surface area contributed by atoms with E-state index in [0.717, 1.165) is 53.0 Å². The summed E-state index contributed by atoms with van der Waals surface area (Å²) in [5.41, 5.74) is 13.1. The molecule has 5 nitrogen and oxygen atoms in total. The molecule has 0 aliphatic rings. The number of aromatic nitrogens is 3. The molecule has 0 bridgehead atoms. The molecule has 2 N–H and O–H groups in total. The Labute approximate surface area is 200 Å². The molecular formula is C29H31N5.